The minimum Gasteiger partial charge on any atom is -0.377 e. The number of rotatable bonds is 7. The summed E-state index contributed by atoms with van der Waals surface area (Å²) >= 11 is 0. The molecule has 1 aromatic rings. The number of benzene rings is 1. The number of hydrogen-bond acceptors (Lipinski definition) is 5. The summed E-state index contributed by atoms with van der Waals surface area (Å²) in [4.78, 5) is 1.92. The zero-order valence-corrected chi connectivity index (χ0v) is 20.8. The van der Waals surface area contributed by atoms with Gasteiger partial charge in [0, 0.05) is 30.9 Å². The van der Waals surface area contributed by atoms with E-state index in [1.165, 1.54) is 0 Å². The van der Waals surface area contributed by atoms with Gasteiger partial charge in [0.05, 0.1) is 8.07 Å². The lowest BCUT2D eigenvalue weighted by molar-refractivity contribution is 0.827. The van der Waals surface area contributed by atoms with Gasteiger partial charge in [0.2, 0.25) is 0 Å². The molecule has 31 heavy (non-hydrogen) atoms. The highest BCUT2D eigenvalue weighted by Gasteiger charge is 2.49. The predicted molar refractivity (Wildman–Crippen MR) is 128 cm³/mol. The monoisotopic (exact) mass is 429 g/mol. The summed E-state index contributed by atoms with van der Waals surface area (Å²) in [6, 6.07) is 15.9. The average molecular weight is 430 g/mol. The van der Waals surface area contributed by atoms with Crippen molar-refractivity contribution < 1.29 is 0 Å². The Morgan fingerprint density at radius 2 is 1.16 bits per heavy atom. The number of anilines is 1. The van der Waals surface area contributed by atoms with Crippen molar-refractivity contribution in [3.05, 3.63) is 46.2 Å². The van der Waals surface area contributed by atoms with Crippen molar-refractivity contribution >= 4 is 19.3 Å². The Morgan fingerprint density at radius 1 is 0.742 bits per heavy atom. The fourth-order valence-corrected chi connectivity index (χ4v) is 12.1. The van der Waals surface area contributed by atoms with E-state index in [1.807, 2.05) is 43.3 Å². The lowest BCUT2D eigenvalue weighted by Gasteiger charge is -2.46. The molecule has 0 spiro atoms. The summed E-state index contributed by atoms with van der Waals surface area (Å²) in [5.74, 6) is 0. The van der Waals surface area contributed by atoms with Crippen LogP contribution in [0.25, 0.3) is 5.57 Å². The van der Waals surface area contributed by atoms with Crippen LogP contribution in [0, 0.1) is 45.3 Å². The van der Waals surface area contributed by atoms with Gasteiger partial charge >= 0.3 is 0 Å². The van der Waals surface area contributed by atoms with E-state index in [-0.39, 0.29) is 27.8 Å². The SMILES string of the molecule is CC(C)[Si](C(=C(C#N)C#N)C(=C(C#N)C#N)c1ccccc1N(C)C)(C(C)C)C(C)C. The summed E-state index contributed by atoms with van der Waals surface area (Å²) in [6.45, 7) is 12.8. The molecule has 0 unspecified atom stereocenters. The van der Waals surface area contributed by atoms with Gasteiger partial charge in [0.15, 0.2) is 0 Å². The summed E-state index contributed by atoms with van der Waals surface area (Å²) in [7, 11) is 1.18. The van der Waals surface area contributed by atoms with E-state index in [4.69, 9.17) is 0 Å². The van der Waals surface area contributed by atoms with Crippen LogP contribution in [-0.4, -0.2) is 22.2 Å². The van der Waals surface area contributed by atoms with Crippen LogP contribution in [0.5, 0.6) is 0 Å². The molecule has 0 aliphatic carbocycles. The van der Waals surface area contributed by atoms with Crippen molar-refractivity contribution in [1.82, 2.24) is 0 Å². The lowest BCUT2D eigenvalue weighted by atomic mass is 9.96. The van der Waals surface area contributed by atoms with Crippen molar-refractivity contribution in [2.45, 2.75) is 58.2 Å². The van der Waals surface area contributed by atoms with Crippen LogP contribution < -0.4 is 4.90 Å². The standard InChI is InChI=1S/C25H31N5Si/c1-17(2)31(18(3)4,19(5)6)25(21(15-28)16-29)24(20(13-26)14-27)22-11-9-10-12-23(22)30(7)8/h9-12,17-19H,1-8H3. The van der Waals surface area contributed by atoms with Gasteiger partial charge in [0.25, 0.3) is 0 Å². The fourth-order valence-electron chi connectivity index (χ4n) is 5.17. The molecule has 0 aliphatic rings. The maximum atomic E-state index is 10.00. The van der Waals surface area contributed by atoms with E-state index in [0.717, 1.165) is 5.69 Å². The first kappa shape index (κ1) is 25.7. The molecule has 0 aromatic heterocycles. The first-order valence-corrected chi connectivity index (χ1v) is 12.7. The third-order valence-corrected chi connectivity index (χ3v) is 13.2. The molecule has 0 aliphatic heterocycles. The van der Waals surface area contributed by atoms with E-state index in [0.29, 0.717) is 16.3 Å². The van der Waals surface area contributed by atoms with Gasteiger partial charge in [0.1, 0.15) is 35.4 Å². The van der Waals surface area contributed by atoms with Crippen molar-refractivity contribution in [3.8, 4) is 24.3 Å². The minimum atomic E-state index is -2.60. The van der Waals surface area contributed by atoms with Crippen molar-refractivity contribution in [3.63, 3.8) is 0 Å². The summed E-state index contributed by atoms with van der Waals surface area (Å²) in [5, 5.41) is 40.5. The lowest BCUT2D eigenvalue weighted by Crippen LogP contribution is -2.48. The molecular formula is C25H31N5Si. The summed E-state index contributed by atoms with van der Waals surface area (Å²) in [6.07, 6.45) is 0. The second-order valence-corrected chi connectivity index (χ2v) is 14.6. The third-order valence-electron chi connectivity index (χ3n) is 6.15. The van der Waals surface area contributed by atoms with Crippen LogP contribution in [0.3, 0.4) is 0 Å². The van der Waals surface area contributed by atoms with Gasteiger partial charge in [-0.25, -0.2) is 0 Å². The van der Waals surface area contributed by atoms with Crippen LogP contribution in [0.15, 0.2) is 40.6 Å². The molecule has 1 aromatic carbocycles. The third kappa shape index (κ3) is 4.56. The Morgan fingerprint density at radius 3 is 1.52 bits per heavy atom. The predicted octanol–water partition coefficient (Wildman–Crippen LogP) is 6.12. The Hall–Kier alpha value is -3.32. The van der Waals surface area contributed by atoms with Crippen LogP contribution in [0.1, 0.15) is 47.1 Å². The maximum Gasteiger partial charge on any atom is 0.137 e. The molecule has 0 heterocycles. The number of allylic oxidation sites excluding steroid dienone is 4. The molecule has 5 nitrogen and oxygen atoms in total. The smallest absolute Gasteiger partial charge is 0.137 e. The van der Waals surface area contributed by atoms with E-state index < -0.39 is 8.07 Å². The number of nitriles is 4. The molecule has 0 radical (unpaired) electrons. The Labute approximate surface area is 188 Å². The summed E-state index contributed by atoms with van der Waals surface area (Å²) < 4.78 is 0. The largest absolute Gasteiger partial charge is 0.377 e. The van der Waals surface area contributed by atoms with Gasteiger partial charge in [-0.05, 0) is 27.9 Å². The molecular weight excluding hydrogens is 398 g/mol. The van der Waals surface area contributed by atoms with Gasteiger partial charge in [-0.1, -0.05) is 59.7 Å². The quantitative estimate of drug-likeness (QED) is 0.295. The topological polar surface area (TPSA) is 98.4 Å². The first-order valence-electron chi connectivity index (χ1n) is 10.4. The molecule has 0 amide bonds. The van der Waals surface area contributed by atoms with Crippen molar-refractivity contribution in [2.24, 2.45) is 0 Å². The highest BCUT2D eigenvalue weighted by atomic mass is 28.3. The van der Waals surface area contributed by atoms with Crippen molar-refractivity contribution in [1.29, 1.82) is 21.0 Å². The molecule has 0 fully saturated rings. The van der Waals surface area contributed by atoms with Gasteiger partial charge < -0.3 is 4.90 Å². The summed E-state index contributed by atoms with van der Waals surface area (Å²) in [5.41, 5.74) is 2.45. The first-order chi connectivity index (χ1) is 14.6. The Kier molecular flexibility index (Phi) is 8.82. The second-order valence-electron chi connectivity index (χ2n) is 8.76. The fraction of sp³-hybridized carbons (Fsp3) is 0.440. The van der Waals surface area contributed by atoms with E-state index in [2.05, 4.69) is 65.8 Å². The molecule has 0 atom stereocenters. The molecule has 160 valence electrons. The van der Waals surface area contributed by atoms with Crippen LogP contribution in [0.2, 0.25) is 16.6 Å². The van der Waals surface area contributed by atoms with Gasteiger partial charge in [-0.15, -0.1) is 0 Å². The Bertz CT molecular complexity index is 993. The molecule has 0 saturated carbocycles. The maximum absolute atomic E-state index is 10.00. The zero-order chi connectivity index (χ0) is 23.9. The molecule has 1 rings (SSSR count). The highest BCUT2D eigenvalue weighted by molar-refractivity contribution is 6.92. The van der Waals surface area contributed by atoms with Crippen molar-refractivity contribution in [2.75, 3.05) is 19.0 Å². The minimum absolute atomic E-state index is 0.00864. The van der Waals surface area contributed by atoms with Crippen LogP contribution >= 0.6 is 0 Å². The number of nitrogens with zero attached hydrogens (tertiary/aromatic N) is 5. The van der Waals surface area contributed by atoms with Gasteiger partial charge in [-0.2, -0.15) is 21.0 Å². The highest BCUT2D eigenvalue weighted by Crippen LogP contribution is 2.52. The molecule has 6 heteroatoms. The van der Waals surface area contributed by atoms with E-state index in [1.54, 1.807) is 0 Å². The van der Waals surface area contributed by atoms with Crippen LogP contribution in [0.4, 0.5) is 5.69 Å². The van der Waals surface area contributed by atoms with Gasteiger partial charge in [-0.3, -0.25) is 0 Å². The molecule has 0 saturated heterocycles. The molecule has 0 N–H and O–H groups in total. The second kappa shape index (κ2) is 10.6. The molecule has 0 bridgehead atoms. The zero-order valence-electron chi connectivity index (χ0n) is 19.8. The van der Waals surface area contributed by atoms with E-state index in [9.17, 15) is 21.0 Å². The average Bonchev–Trinajstić information content (AvgIpc) is 2.71. The number of hydrogen-bond donors (Lipinski definition) is 0. The van der Waals surface area contributed by atoms with E-state index >= 15 is 0 Å². The number of para-hydroxylation sites is 1. The van der Waals surface area contributed by atoms with Crippen LogP contribution in [-0.2, 0) is 0 Å². The Balaban J connectivity index is 4.49. The normalized spacial score (nSPS) is 10.7.